The first-order chi connectivity index (χ1) is 14.7. The Hall–Kier alpha value is -3.64. The van der Waals surface area contributed by atoms with Crippen LogP contribution in [0.3, 0.4) is 0 Å². The molecule has 2 aromatic carbocycles. The lowest BCUT2D eigenvalue weighted by Crippen LogP contribution is -2.00. The highest BCUT2D eigenvalue weighted by molar-refractivity contribution is 7.09. The van der Waals surface area contributed by atoms with Crippen molar-refractivity contribution in [2.24, 2.45) is 0 Å². The number of phenols is 1. The van der Waals surface area contributed by atoms with Gasteiger partial charge in [-0.3, -0.25) is 4.40 Å². The molecule has 3 heterocycles. The SMILES string of the molecule is Oc1ccc(-c2cn3c(O)c(Cc4cccs4)nc3c(Cc3ccccc3)n2)cc1. The lowest BCUT2D eigenvalue weighted by atomic mass is 10.1. The fourth-order valence-corrected chi connectivity index (χ4v) is 4.23. The minimum Gasteiger partial charge on any atom is -0.508 e. The van der Waals surface area contributed by atoms with Gasteiger partial charge in [0.2, 0.25) is 5.88 Å². The molecule has 0 saturated heterocycles. The number of benzene rings is 2. The monoisotopic (exact) mass is 413 g/mol. The highest BCUT2D eigenvalue weighted by atomic mass is 32.1. The van der Waals surface area contributed by atoms with Crippen LogP contribution in [0.4, 0.5) is 0 Å². The molecule has 0 fully saturated rings. The highest BCUT2D eigenvalue weighted by Crippen LogP contribution is 2.29. The molecule has 0 saturated carbocycles. The largest absolute Gasteiger partial charge is 0.508 e. The van der Waals surface area contributed by atoms with E-state index in [0.717, 1.165) is 21.7 Å². The Morgan fingerprint density at radius 2 is 1.60 bits per heavy atom. The summed E-state index contributed by atoms with van der Waals surface area (Å²) in [5, 5.41) is 22.6. The zero-order valence-electron chi connectivity index (χ0n) is 16.1. The quantitative estimate of drug-likeness (QED) is 0.423. The molecular formula is C24H19N3O2S. The summed E-state index contributed by atoms with van der Waals surface area (Å²) in [6.45, 7) is 0. The van der Waals surface area contributed by atoms with Crippen LogP contribution in [0, 0.1) is 0 Å². The van der Waals surface area contributed by atoms with Crippen LogP contribution in [0.15, 0.2) is 78.3 Å². The second-order valence-corrected chi connectivity index (χ2v) is 8.15. The molecule has 5 aromatic rings. The number of aromatic nitrogens is 3. The third-order valence-corrected chi connectivity index (χ3v) is 5.90. The summed E-state index contributed by atoms with van der Waals surface area (Å²) in [7, 11) is 0. The van der Waals surface area contributed by atoms with Crippen molar-refractivity contribution in [2.75, 3.05) is 0 Å². The van der Waals surface area contributed by atoms with Gasteiger partial charge in [0.1, 0.15) is 11.4 Å². The van der Waals surface area contributed by atoms with Crippen molar-refractivity contribution in [1.29, 1.82) is 0 Å². The second-order valence-electron chi connectivity index (χ2n) is 7.11. The molecule has 148 valence electrons. The van der Waals surface area contributed by atoms with Gasteiger partial charge in [-0.25, -0.2) is 9.97 Å². The summed E-state index contributed by atoms with van der Waals surface area (Å²) in [5.74, 6) is 0.336. The first kappa shape index (κ1) is 18.4. The van der Waals surface area contributed by atoms with Gasteiger partial charge in [-0.05, 0) is 41.3 Å². The molecule has 0 atom stereocenters. The zero-order valence-corrected chi connectivity index (χ0v) is 16.9. The molecule has 6 heteroatoms. The summed E-state index contributed by atoms with van der Waals surface area (Å²) < 4.78 is 1.72. The molecule has 3 aromatic heterocycles. The third-order valence-electron chi connectivity index (χ3n) is 5.02. The standard InChI is InChI=1S/C24H19N3O2S/c28-18-10-8-17(9-11-18)22-15-27-23(20(25-22)13-16-5-2-1-3-6-16)26-21(24(27)29)14-19-7-4-12-30-19/h1-12,15,28-29H,13-14H2. The van der Waals surface area contributed by atoms with Crippen molar-refractivity contribution in [3.05, 3.63) is 100 Å². The lowest BCUT2D eigenvalue weighted by molar-refractivity contribution is 0.442. The van der Waals surface area contributed by atoms with Gasteiger partial charge in [0.25, 0.3) is 0 Å². The topological polar surface area (TPSA) is 70.7 Å². The van der Waals surface area contributed by atoms with Gasteiger partial charge < -0.3 is 10.2 Å². The van der Waals surface area contributed by atoms with Crippen LogP contribution in [-0.2, 0) is 12.8 Å². The average molecular weight is 414 g/mol. The summed E-state index contributed by atoms with van der Waals surface area (Å²) in [6, 6.07) is 21.0. The number of hydrogen-bond donors (Lipinski definition) is 2. The maximum atomic E-state index is 10.9. The van der Waals surface area contributed by atoms with E-state index in [2.05, 4.69) is 12.1 Å². The molecule has 0 spiro atoms. The molecule has 0 unspecified atom stereocenters. The van der Waals surface area contributed by atoms with Gasteiger partial charge in [-0.1, -0.05) is 36.4 Å². The summed E-state index contributed by atoms with van der Waals surface area (Å²) in [4.78, 5) is 10.8. The Morgan fingerprint density at radius 3 is 2.33 bits per heavy atom. The van der Waals surface area contributed by atoms with E-state index >= 15 is 0 Å². The fourth-order valence-electron chi connectivity index (χ4n) is 3.52. The molecule has 0 aliphatic rings. The number of phenolic OH excluding ortho intramolecular Hbond substituents is 1. The normalized spacial score (nSPS) is 11.2. The number of fused-ring (bicyclic) bond motifs is 1. The molecule has 0 radical (unpaired) electrons. The van der Waals surface area contributed by atoms with Gasteiger partial charge in [0.15, 0.2) is 5.65 Å². The van der Waals surface area contributed by atoms with E-state index in [1.807, 2.05) is 47.8 Å². The van der Waals surface area contributed by atoms with Crippen molar-refractivity contribution in [2.45, 2.75) is 12.8 Å². The fraction of sp³-hybridized carbons (Fsp3) is 0.0833. The predicted molar refractivity (Wildman–Crippen MR) is 118 cm³/mol. The minimum absolute atomic E-state index is 0.134. The van der Waals surface area contributed by atoms with E-state index in [-0.39, 0.29) is 11.6 Å². The van der Waals surface area contributed by atoms with Crippen molar-refractivity contribution in [3.8, 4) is 22.9 Å². The van der Waals surface area contributed by atoms with Gasteiger partial charge >= 0.3 is 0 Å². The number of rotatable bonds is 5. The highest BCUT2D eigenvalue weighted by Gasteiger charge is 2.18. The van der Waals surface area contributed by atoms with Gasteiger partial charge in [-0.15, -0.1) is 11.3 Å². The van der Waals surface area contributed by atoms with Crippen molar-refractivity contribution < 1.29 is 10.2 Å². The van der Waals surface area contributed by atoms with Crippen LogP contribution in [0.2, 0.25) is 0 Å². The number of aromatic hydroxyl groups is 2. The molecule has 0 aliphatic carbocycles. The first-order valence-corrected chi connectivity index (χ1v) is 10.5. The van der Waals surface area contributed by atoms with Crippen LogP contribution in [0.5, 0.6) is 11.6 Å². The molecule has 5 rings (SSSR count). The van der Waals surface area contributed by atoms with Crippen LogP contribution >= 0.6 is 11.3 Å². The maximum absolute atomic E-state index is 10.9. The van der Waals surface area contributed by atoms with Crippen molar-refractivity contribution in [3.63, 3.8) is 0 Å². The maximum Gasteiger partial charge on any atom is 0.219 e. The van der Waals surface area contributed by atoms with E-state index in [4.69, 9.17) is 9.97 Å². The van der Waals surface area contributed by atoms with Crippen molar-refractivity contribution >= 4 is 17.0 Å². The Morgan fingerprint density at radius 1 is 0.800 bits per heavy atom. The van der Waals surface area contributed by atoms with Crippen LogP contribution in [-0.4, -0.2) is 24.6 Å². The van der Waals surface area contributed by atoms with E-state index in [1.54, 1.807) is 34.1 Å². The Balaban J connectivity index is 1.66. The Kier molecular flexibility index (Phi) is 4.69. The molecule has 0 amide bonds. The minimum atomic E-state index is 0.134. The lowest BCUT2D eigenvalue weighted by Gasteiger charge is -2.08. The molecule has 5 nitrogen and oxygen atoms in total. The third kappa shape index (κ3) is 3.53. The van der Waals surface area contributed by atoms with Gasteiger partial charge in [0, 0.05) is 29.5 Å². The Labute approximate surface area is 177 Å². The number of imidazole rings is 1. The molecule has 0 aliphatic heterocycles. The zero-order chi connectivity index (χ0) is 20.5. The predicted octanol–water partition coefficient (Wildman–Crippen LogP) is 5.05. The number of nitrogens with zero attached hydrogens (tertiary/aromatic N) is 3. The average Bonchev–Trinajstić information content (AvgIpc) is 3.38. The summed E-state index contributed by atoms with van der Waals surface area (Å²) in [5.41, 5.74) is 4.78. The van der Waals surface area contributed by atoms with E-state index in [0.29, 0.717) is 29.9 Å². The molecule has 2 N–H and O–H groups in total. The molecule has 0 bridgehead atoms. The van der Waals surface area contributed by atoms with Crippen LogP contribution in [0.1, 0.15) is 21.8 Å². The molecular weight excluding hydrogens is 394 g/mol. The Bertz CT molecular complexity index is 1290. The second kappa shape index (κ2) is 7.65. The van der Waals surface area contributed by atoms with Crippen LogP contribution in [0.25, 0.3) is 16.9 Å². The van der Waals surface area contributed by atoms with Crippen molar-refractivity contribution in [1.82, 2.24) is 14.4 Å². The van der Waals surface area contributed by atoms with E-state index in [1.165, 1.54) is 0 Å². The van der Waals surface area contributed by atoms with E-state index in [9.17, 15) is 10.2 Å². The van der Waals surface area contributed by atoms with Crippen LogP contribution < -0.4 is 0 Å². The van der Waals surface area contributed by atoms with Gasteiger partial charge in [-0.2, -0.15) is 0 Å². The first-order valence-electron chi connectivity index (χ1n) is 9.63. The van der Waals surface area contributed by atoms with E-state index < -0.39 is 0 Å². The van der Waals surface area contributed by atoms with Gasteiger partial charge in [0.05, 0.1) is 11.4 Å². The summed E-state index contributed by atoms with van der Waals surface area (Å²) >= 11 is 1.64. The number of hydrogen-bond acceptors (Lipinski definition) is 5. The smallest absolute Gasteiger partial charge is 0.219 e. The summed E-state index contributed by atoms with van der Waals surface area (Å²) in [6.07, 6.45) is 2.98. The number of thiophene rings is 1. The molecule has 30 heavy (non-hydrogen) atoms.